The maximum Gasteiger partial charge on any atom is 0.237 e. The van der Waals surface area contributed by atoms with Crippen LogP contribution >= 0.6 is 11.6 Å². The summed E-state index contributed by atoms with van der Waals surface area (Å²) >= 11 is 5.84. The molecule has 0 spiro atoms. The van der Waals surface area contributed by atoms with Crippen molar-refractivity contribution < 1.29 is 4.74 Å². The van der Waals surface area contributed by atoms with E-state index in [1.807, 2.05) is 6.92 Å². The van der Waals surface area contributed by atoms with Gasteiger partial charge < -0.3 is 10.5 Å². The molecule has 1 heterocycles. The molecule has 0 fully saturated rings. The molecule has 2 N–H and O–H groups in total. The maximum atomic E-state index is 5.84. The van der Waals surface area contributed by atoms with E-state index < -0.39 is 0 Å². The molecule has 0 bridgehead atoms. The second-order valence-corrected chi connectivity index (χ2v) is 2.60. The molecule has 1 rings (SSSR count). The van der Waals surface area contributed by atoms with E-state index in [1.165, 1.54) is 0 Å². The second kappa shape index (κ2) is 3.58. The lowest BCUT2D eigenvalue weighted by atomic mass is 10.4. The van der Waals surface area contributed by atoms with Crippen molar-refractivity contribution in [2.45, 2.75) is 13.8 Å². The fraction of sp³-hybridized carbons (Fsp3) is 0.429. The van der Waals surface area contributed by atoms with Crippen LogP contribution in [0.4, 0.5) is 5.95 Å². The van der Waals surface area contributed by atoms with Gasteiger partial charge >= 0.3 is 0 Å². The predicted molar refractivity (Wildman–Crippen MR) is 47.4 cm³/mol. The Labute approximate surface area is 75.7 Å². The Hall–Kier alpha value is -1.03. The van der Waals surface area contributed by atoms with Crippen LogP contribution in [0.3, 0.4) is 0 Å². The highest BCUT2D eigenvalue weighted by atomic mass is 35.5. The van der Waals surface area contributed by atoms with E-state index in [4.69, 9.17) is 22.1 Å². The Morgan fingerprint density at radius 2 is 2.17 bits per heavy atom. The summed E-state index contributed by atoms with van der Waals surface area (Å²) in [5, 5.41) is 0.422. The van der Waals surface area contributed by atoms with Gasteiger partial charge in [0.15, 0.2) is 0 Å². The largest absolute Gasteiger partial charge is 0.477 e. The monoisotopic (exact) mass is 187 g/mol. The molecule has 0 aromatic carbocycles. The van der Waals surface area contributed by atoms with Crippen LogP contribution in [0.5, 0.6) is 5.88 Å². The van der Waals surface area contributed by atoms with E-state index >= 15 is 0 Å². The highest BCUT2D eigenvalue weighted by Crippen LogP contribution is 2.24. The topological polar surface area (TPSA) is 61.0 Å². The van der Waals surface area contributed by atoms with Gasteiger partial charge in [0.2, 0.25) is 11.8 Å². The molecule has 0 aliphatic rings. The van der Waals surface area contributed by atoms with Crippen molar-refractivity contribution in [2.75, 3.05) is 12.3 Å². The summed E-state index contributed by atoms with van der Waals surface area (Å²) in [6.45, 7) is 4.11. The third kappa shape index (κ3) is 1.76. The summed E-state index contributed by atoms with van der Waals surface area (Å²) in [6, 6.07) is 0. The minimum absolute atomic E-state index is 0.181. The van der Waals surface area contributed by atoms with Crippen LogP contribution in [0.25, 0.3) is 0 Å². The lowest BCUT2D eigenvalue weighted by molar-refractivity contribution is 0.326. The van der Waals surface area contributed by atoms with E-state index in [2.05, 4.69) is 9.97 Å². The van der Waals surface area contributed by atoms with Crippen LogP contribution in [0.2, 0.25) is 5.02 Å². The van der Waals surface area contributed by atoms with Crippen LogP contribution in [-0.4, -0.2) is 16.6 Å². The van der Waals surface area contributed by atoms with Crippen LogP contribution in [-0.2, 0) is 0 Å². The highest BCUT2D eigenvalue weighted by Gasteiger charge is 2.08. The number of rotatable bonds is 2. The lowest BCUT2D eigenvalue weighted by Crippen LogP contribution is -2.02. The van der Waals surface area contributed by atoms with Crippen molar-refractivity contribution in [1.29, 1.82) is 0 Å². The SMILES string of the molecule is CCOc1nc(N)nc(C)c1Cl. The molecular weight excluding hydrogens is 178 g/mol. The van der Waals surface area contributed by atoms with Crippen molar-refractivity contribution in [1.82, 2.24) is 9.97 Å². The number of nitrogens with zero attached hydrogens (tertiary/aromatic N) is 2. The zero-order chi connectivity index (χ0) is 9.14. The van der Waals surface area contributed by atoms with Crippen molar-refractivity contribution in [3.63, 3.8) is 0 Å². The Morgan fingerprint density at radius 1 is 1.50 bits per heavy atom. The van der Waals surface area contributed by atoms with Gasteiger partial charge in [-0.2, -0.15) is 4.98 Å². The quantitative estimate of drug-likeness (QED) is 0.761. The molecule has 0 saturated carbocycles. The lowest BCUT2D eigenvalue weighted by Gasteiger charge is -2.05. The summed E-state index contributed by atoms with van der Waals surface area (Å²) in [7, 11) is 0. The number of halogens is 1. The molecule has 66 valence electrons. The van der Waals surface area contributed by atoms with Crippen molar-refractivity contribution in [3.05, 3.63) is 10.7 Å². The molecule has 12 heavy (non-hydrogen) atoms. The summed E-state index contributed by atoms with van der Waals surface area (Å²) in [5.41, 5.74) is 6.03. The maximum absolute atomic E-state index is 5.84. The van der Waals surface area contributed by atoms with E-state index in [1.54, 1.807) is 6.92 Å². The van der Waals surface area contributed by atoms with Gasteiger partial charge in [0.25, 0.3) is 0 Å². The van der Waals surface area contributed by atoms with Crippen LogP contribution < -0.4 is 10.5 Å². The van der Waals surface area contributed by atoms with Gasteiger partial charge in [0, 0.05) is 0 Å². The molecule has 0 radical (unpaired) electrons. The highest BCUT2D eigenvalue weighted by molar-refractivity contribution is 6.32. The molecule has 1 aromatic rings. The Kier molecular flexibility index (Phi) is 2.70. The molecule has 0 unspecified atom stereocenters. The third-order valence-corrected chi connectivity index (χ3v) is 1.72. The molecule has 5 heteroatoms. The molecule has 1 aromatic heterocycles. The number of nitrogen functional groups attached to an aromatic ring is 1. The summed E-state index contributed by atoms with van der Waals surface area (Å²) in [6.07, 6.45) is 0. The minimum atomic E-state index is 0.181. The molecule has 0 amide bonds. The first-order chi connectivity index (χ1) is 5.65. The number of hydrogen-bond donors (Lipinski definition) is 1. The van der Waals surface area contributed by atoms with Gasteiger partial charge in [-0.25, -0.2) is 4.98 Å². The first-order valence-corrected chi connectivity index (χ1v) is 3.95. The van der Waals surface area contributed by atoms with Gasteiger partial charge in [-0.05, 0) is 13.8 Å². The average Bonchev–Trinajstić information content (AvgIpc) is 2.00. The molecule has 0 atom stereocenters. The molecule has 0 saturated heterocycles. The number of hydrogen-bond acceptors (Lipinski definition) is 4. The van der Waals surface area contributed by atoms with Crippen LogP contribution in [0, 0.1) is 6.92 Å². The first kappa shape index (κ1) is 9.06. The van der Waals surface area contributed by atoms with E-state index in [0.717, 1.165) is 0 Å². The molecular formula is C7H10ClN3O. The van der Waals surface area contributed by atoms with Gasteiger partial charge in [0.1, 0.15) is 5.02 Å². The summed E-state index contributed by atoms with van der Waals surface area (Å²) < 4.78 is 5.14. The van der Waals surface area contributed by atoms with E-state index in [-0.39, 0.29) is 5.95 Å². The fourth-order valence-corrected chi connectivity index (χ4v) is 0.925. The Balaban J connectivity index is 3.09. The normalized spacial score (nSPS) is 9.92. The Bertz CT molecular complexity index is 290. The molecule has 4 nitrogen and oxygen atoms in total. The predicted octanol–water partition coefficient (Wildman–Crippen LogP) is 1.42. The number of ether oxygens (including phenoxy) is 1. The Morgan fingerprint density at radius 3 is 2.75 bits per heavy atom. The zero-order valence-corrected chi connectivity index (χ0v) is 7.72. The van der Waals surface area contributed by atoms with Gasteiger partial charge in [-0.15, -0.1) is 0 Å². The van der Waals surface area contributed by atoms with E-state index in [0.29, 0.717) is 23.2 Å². The van der Waals surface area contributed by atoms with Crippen molar-refractivity contribution in [3.8, 4) is 5.88 Å². The summed E-state index contributed by atoms with van der Waals surface area (Å²) in [5.74, 6) is 0.532. The van der Waals surface area contributed by atoms with Gasteiger partial charge in [-0.1, -0.05) is 11.6 Å². The van der Waals surface area contributed by atoms with Crippen molar-refractivity contribution in [2.24, 2.45) is 0 Å². The average molecular weight is 188 g/mol. The summed E-state index contributed by atoms with van der Waals surface area (Å²) in [4.78, 5) is 7.71. The first-order valence-electron chi connectivity index (χ1n) is 3.57. The van der Waals surface area contributed by atoms with Crippen molar-refractivity contribution >= 4 is 17.5 Å². The third-order valence-electron chi connectivity index (χ3n) is 1.28. The number of anilines is 1. The number of aromatic nitrogens is 2. The zero-order valence-electron chi connectivity index (χ0n) is 6.97. The van der Waals surface area contributed by atoms with Gasteiger partial charge in [-0.3, -0.25) is 0 Å². The number of aryl methyl sites for hydroxylation is 1. The van der Waals surface area contributed by atoms with E-state index in [9.17, 15) is 0 Å². The fourth-order valence-electron chi connectivity index (χ4n) is 0.786. The van der Waals surface area contributed by atoms with Crippen LogP contribution in [0.15, 0.2) is 0 Å². The molecule has 0 aliphatic heterocycles. The smallest absolute Gasteiger partial charge is 0.237 e. The minimum Gasteiger partial charge on any atom is -0.477 e. The molecule has 0 aliphatic carbocycles. The van der Waals surface area contributed by atoms with Gasteiger partial charge in [0.05, 0.1) is 12.3 Å². The second-order valence-electron chi connectivity index (χ2n) is 2.22. The van der Waals surface area contributed by atoms with Crippen LogP contribution in [0.1, 0.15) is 12.6 Å². The standard InChI is InChI=1S/C7H10ClN3O/c1-3-12-6-5(8)4(2)10-7(9)11-6/h3H2,1-2H3,(H2,9,10,11). The number of nitrogens with two attached hydrogens (primary N) is 1.